The van der Waals surface area contributed by atoms with Crippen LogP contribution >= 0.6 is 0 Å². The van der Waals surface area contributed by atoms with E-state index in [0.29, 0.717) is 0 Å². The van der Waals surface area contributed by atoms with Gasteiger partial charge in [-0.25, -0.2) is 0 Å². The van der Waals surface area contributed by atoms with E-state index in [1.807, 2.05) is 0 Å². The molecule has 0 saturated carbocycles. The lowest BCUT2D eigenvalue weighted by Gasteiger charge is -2.35. The molecule has 2 heterocycles. The zero-order valence-electron chi connectivity index (χ0n) is 30.0. The molecular weight excluding hydrogens is 665 g/mol. The van der Waals surface area contributed by atoms with Crippen molar-refractivity contribution >= 4 is 49.6 Å². The van der Waals surface area contributed by atoms with E-state index in [2.05, 4.69) is 216 Å². The van der Waals surface area contributed by atoms with Crippen molar-refractivity contribution in [2.75, 3.05) is 4.90 Å². The summed E-state index contributed by atoms with van der Waals surface area (Å²) in [5.74, 6) is 0. The molecule has 0 fully saturated rings. The minimum absolute atomic E-state index is 0.467. The van der Waals surface area contributed by atoms with E-state index in [0.717, 1.165) is 5.69 Å². The summed E-state index contributed by atoms with van der Waals surface area (Å²) >= 11 is 0. The van der Waals surface area contributed by atoms with Crippen LogP contribution in [0.2, 0.25) is 0 Å². The van der Waals surface area contributed by atoms with Crippen molar-refractivity contribution in [2.24, 2.45) is 0 Å². The molecule has 256 valence electrons. The minimum Gasteiger partial charge on any atom is -0.310 e. The van der Waals surface area contributed by atoms with Crippen LogP contribution in [0, 0.1) is 0 Å². The van der Waals surface area contributed by atoms with E-state index < -0.39 is 5.41 Å². The van der Waals surface area contributed by atoms with Gasteiger partial charge in [-0.05, 0) is 111 Å². The Morgan fingerprint density at radius 2 is 0.945 bits per heavy atom. The maximum atomic E-state index is 2.50. The number of aromatic nitrogens is 1. The highest BCUT2D eigenvalue weighted by Crippen LogP contribution is 2.61. The minimum atomic E-state index is -0.467. The fraction of sp³-hybridized carbons (Fsp3) is 0.0189. The van der Waals surface area contributed by atoms with E-state index in [1.165, 1.54) is 94.1 Å². The molecule has 2 nitrogen and oxygen atoms in total. The Morgan fingerprint density at radius 3 is 1.73 bits per heavy atom. The van der Waals surface area contributed by atoms with Gasteiger partial charge in [0.2, 0.25) is 0 Å². The van der Waals surface area contributed by atoms with Gasteiger partial charge in [0.1, 0.15) is 0 Å². The van der Waals surface area contributed by atoms with Gasteiger partial charge >= 0.3 is 0 Å². The topological polar surface area (TPSA) is 8.17 Å². The van der Waals surface area contributed by atoms with E-state index in [9.17, 15) is 0 Å². The molecule has 1 aliphatic carbocycles. The molecule has 55 heavy (non-hydrogen) atoms. The van der Waals surface area contributed by atoms with E-state index >= 15 is 0 Å². The smallest absolute Gasteiger partial charge is 0.0734 e. The molecule has 1 aromatic heterocycles. The summed E-state index contributed by atoms with van der Waals surface area (Å²) in [6.07, 6.45) is 0. The Hall–Kier alpha value is -7.16. The monoisotopic (exact) mass is 698 g/mol. The summed E-state index contributed by atoms with van der Waals surface area (Å²) in [5.41, 5.74) is 17.0. The lowest BCUT2D eigenvalue weighted by Crippen LogP contribution is -2.28. The molecule has 10 aromatic rings. The standard InChI is InChI=1S/C53H34N2/c1-2-15-39(16-3-1)54-49-24-12-8-20-44(49)45-33-36(28-31-50(45)54)35-26-29-40(30-27-35)55-51-25-13-11-23-48(51)53(38-32-37-14-4-5-17-41(37)52(55)34-38)46-21-9-6-18-42(46)43-19-7-10-22-47(43)53/h1-34H. The lowest BCUT2D eigenvalue weighted by atomic mass is 9.67. The molecule has 0 N–H and O–H groups in total. The van der Waals surface area contributed by atoms with Gasteiger partial charge in [-0.3, -0.25) is 0 Å². The third kappa shape index (κ3) is 4.14. The van der Waals surface area contributed by atoms with Crippen molar-refractivity contribution < 1.29 is 0 Å². The van der Waals surface area contributed by atoms with Gasteiger partial charge in [-0.1, -0.05) is 146 Å². The maximum absolute atomic E-state index is 2.50. The van der Waals surface area contributed by atoms with E-state index in [-0.39, 0.29) is 0 Å². The predicted molar refractivity (Wildman–Crippen MR) is 229 cm³/mol. The molecule has 0 saturated heterocycles. The summed E-state index contributed by atoms with van der Waals surface area (Å²) in [7, 11) is 0. The molecule has 12 rings (SSSR count). The predicted octanol–water partition coefficient (Wildman–Crippen LogP) is 13.8. The summed E-state index contributed by atoms with van der Waals surface area (Å²) in [5, 5.41) is 5.00. The Morgan fingerprint density at radius 1 is 0.345 bits per heavy atom. The highest BCUT2D eigenvalue weighted by atomic mass is 15.2. The first-order chi connectivity index (χ1) is 27.3. The lowest BCUT2D eigenvalue weighted by molar-refractivity contribution is 0.775. The summed E-state index contributed by atoms with van der Waals surface area (Å²) < 4.78 is 2.38. The zero-order valence-corrected chi connectivity index (χ0v) is 30.0. The van der Waals surface area contributed by atoms with Gasteiger partial charge in [-0.15, -0.1) is 0 Å². The summed E-state index contributed by atoms with van der Waals surface area (Å²) in [4.78, 5) is 2.50. The normalized spacial score (nSPS) is 13.6. The van der Waals surface area contributed by atoms with Crippen molar-refractivity contribution in [1.82, 2.24) is 4.57 Å². The zero-order chi connectivity index (χ0) is 36.1. The molecular formula is C53H34N2. The third-order valence-corrected chi connectivity index (χ3v) is 12.2. The molecule has 0 amide bonds. The van der Waals surface area contributed by atoms with Gasteiger partial charge in [0.25, 0.3) is 0 Å². The SMILES string of the molecule is c1ccc(-n2c3ccccc3c3cc(-c4ccc(N5c6ccccc6C6(c7cc5c5ccccc5c7)c5ccccc5-c5ccccc56)cc4)ccc32)cc1. The Balaban J connectivity index is 1.06. The van der Waals surface area contributed by atoms with Crippen molar-refractivity contribution in [2.45, 2.75) is 5.41 Å². The quantitative estimate of drug-likeness (QED) is 0.178. The van der Waals surface area contributed by atoms with E-state index in [4.69, 9.17) is 0 Å². The highest BCUT2D eigenvalue weighted by molar-refractivity contribution is 6.10. The number of hydrogen-bond donors (Lipinski definition) is 0. The second-order valence-electron chi connectivity index (χ2n) is 14.9. The van der Waals surface area contributed by atoms with Crippen LogP contribution in [-0.4, -0.2) is 4.57 Å². The molecule has 0 atom stereocenters. The van der Waals surface area contributed by atoms with Crippen molar-refractivity contribution in [3.63, 3.8) is 0 Å². The van der Waals surface area contributed by atoms with Crippen LogP contribution in [-0.2, 0) is 5.41 Å². The summed E-state index contributed by atoms with van der Waals surface area (Å²) in [6.45, 7) is 0. The highest BCUT2D eigenvalue weighted by Gasteiger charge is 2.49. The fourth-order valence-electron chi connectivity index (χ4n) is 9.89. The molecule has 2 aliphatic rings. The number of benzene rings is 9. The molecule has 2 bridgehead atoms. The van der Waals surface area contributed by atoms with E-state index in [1.54, 1.807) is 0 Å². The van der Waals surface area contributed by atoms with Crippen LogP contribution in [0.15, 0.2) is 206 Å². The van der Waals surface area contributed by atoms with Crippen LogP contribution in [0.1, 0.15) is 22.3 Å². The van der Waals surface area contributed by atoms with Gasteiger partial charge in [0, 0.05) is 27.5 Å². The first kappa shape index (κ1) is 30.3. The molecule has 9 aromatic carbocycles. The number of hydrogen-bond acceptors (Lipinski definition) is 1. The average Bonchev–Trinajstić information content (AvgIpc) is 3.72. The van der Waals surface area contributed by atoms with Crippen LogP contribution in [0.25, 0.3) is 60.5 Å². The van der Waals surface area contributed by atoms with Gasteiger partial charge in [0.05, 0.1) is 27.8 Å². The Labute approximate surface area is 319 Å². The van der Waals surface area contributed by atoms with Crippen molar-refractivity contribution in [3.8, 4) is 27.9 Å². The molecule has 0 radical (unpaired) electrons. The van der Waals surface area contributed by atoms with Crippen molar-refractivity contribution in [3.05, 3.63) is 229 Å². The van der Waals surface area contributed by atoms with Gasteiger partial charge in [-0.2, -0.15) is 0 Å². The summed E-state index contributed by atoms with van der Waals surface area (Å²) in [6, 6.07) is 76.4. The number of fused-ring (bicyclic) bond motifs is 15. The fourth-order valence-corrected chi connectivity index (χ4v) is 9.89. The van der Waals surface area contributed by atoms with Crippen LogP contribution in [0.4, 0.5) is 17.1 Å². The second-order valence-corrected chi connectivity index (χ2v) is 14.9. The van der Waals surface area contributed by atoms with Crippen LogP contribution in [0.3, 0.4) is 0 Å². The maximum Gasteiger partial charge on any atom is 0.0734 e. The van der Waals surface area contributed by atoms with Crippen LogP contribution < -0.4 is 4.90 Å². The first-order valence-electron chi connectivity index (χ1n) is 19.1. The van der Waals surface area contributed by atoms with Crippen molar-refractivity contribution in [1.29, 1.82) is 0 Å². The largest absolute Gasteiger partial charge is 0.310 e. The van der Waals surface area contributed by atoms with Gasteiger partial charge < -0.3 is 9.47 Å². The molecule has 0 unspecified atom stereocenters. The third-order valence-electron chi connectivity index (χ3n) is 12.2. The molecule has 2 heteroatoms. The number of para-hydroxylation sites is 3. The first-order valence-corrected chi connectivity index (χ1v) is 19.1. The molecule has 1 aliphatic heterocycles. The Kier molecular flexibility index (Phi) is 6.29. The second kappa shape index (κ2) is 11.4. The Bertz CT molecular complexity index is 3110. The molecule has 1 spiro atoms. The number of anilines is 3. The van der Waals surface area contributed by atoms with Crippen LogP contribution in [0.5, 0.6) is 0 Å². The number of nitrogens with zero attached hydrogens (tertiary/aromatic N) is 2. The number of rotatable bonds is 3. The average molecular weight is 699 g/mol. The van der Waals surface area contributed by atoms with Gasteiger partial charge in [0.15, 0.2) is 0 Å².